The van der Waals surface area contributed by atoms with Crippen LogP contribution in [0.1, 0.15) is 131 Å². The summed E-state index contributed by atoms with van der Waals surface area (Å²) in [4.78, 5) is 41.1. The van der Waals surface area contributed by atoms with Crippen molar-refractivity contribution < 1.29 is 34.8 Å². The van der Waals surface area contributed by atoms with Crippen molar-refractivity contribution in [2.24, 2.45) is 33.5 Å². The number of carbonyl (C=O) groups is 3. The van der Waals surface area contributed by atoms with Gasteiger partial charge in [0, 0.05) is 22.3 Å². The lowest BCUT2D eigenvalue weighted by atomic mass is 9.43. The number of fused-ring (bicyclic) bond motifs is 3. The molecule has 1 aromatic carbocycles. The summed E-state index contributed by atoms with van der Waals surface area (Å²) >= 11 is 0. The third-order valence-electron chi connectivity index (χ3n) is 10.9. The minimum atomic E-state index is -2.60. The fourth-order valence-corrected chi connectivity index (χ4v) is 8.95. The van der Waals surface area contributed by atoms with Crippen molar-refractivity contribution in [3.05, 3.63) is 45.2 Å². The van der Waals surface area contributed by atoms with Gasteiger partial charge < -0.3 is 20.4 Å². The number of phenols is 1. The Kier molecular flexibility index (Phi) is 9.09. The molecule has 4 atom stereocenters. The maximum absolute atomic E-state index is 14.7. The number of aromatic hydroxyl groups is 1. The monoisotopic (exact) mass is 636 g/mol. The summed E-state index contributed by atoms with van der Waals surface area (Å²) < 4.78 is 0. The fourth-order valence-electron chi connectivity index (χ4n) is 8.95. The highest BCUT2D eigenvalue weighted by Gasteiger charge is 2.72. The van der Waals surface area contributed by atoms with Crippen molar-refractivity contribution in [1.29, 1.82) is 0 Å². The molecule has 1 saturated carbocycles. The summed E-state index contributed by atoms with van der Waals surface area (Å²) in [5.74, 6) is -4.91. The van der Waals surface area contributed by atoms with Crippen LogP contribution in [0.4, 0.5) is 0 Å². The SMILES string of the molecule is CC(=O)C1=C(O)[C@]2(O)C(=O)C3=C(O)c4c(O)c(CCCC(C)(C)C)cc(CCCC(C)(C)C)c4C[C@]3(C)C[C@]2(C)C(C(C)C)C1=O. The average molecular weight is 637 g/mol. The second-order valence-corrected chi connectivity index (χ2v) is 17.7. The van der Waals surface area contributed by atoms with E-state index in [9.17, 15) is 34.8 Å². The van der Waals surface area contributed by atoms with Crippen LogP contribution >= 0.6 is 0 Å². The van der Waals surface area contributed by atoms with Gasteiger partial charge >= 0.3 is 0 Å². The lowest BCUT2D eigenvalue weighted by Crippen LogP contribution is -2.69. The van der Waals surface area contributed by atoms with E-state index in [1.54, 1.807) is 6.92 Å². The second kappa shape index (κ2) is 11.6. The maximum Gasteiger partial charge on any atom is 0.203 e. The van der Waals surface area contributed by atoms with Gasteiger partial charge in [0.2, 0.25) is 5.78 Å². The van der Waals surface area contributed by atoms with Crippen LogP contribution in [0.15, 0.2) is 23.0 Å². The van der Waals surface area contributed by atoms with Gasteiger partial charge in [0.1, 0.15) is 22.8 Å². The molecule has 0 aromatic heterocycles. The first-order valence-corrected chi connectivity index (χ1v) is 17.0. The number of hydrogen-bond donors (Lipinski definition) is 4. The van der Waals surface area contributed by atoms with Gasteiger partial charge in [-0.3, -0.25) is 14.4 Å². The van der Waals surface area contributed by atoms with Crippen LogP contribution in [-0.4, -0.2) is 43.4 Å². The number of Topliss-reactive ketones (excluding diaryl/α,β-unsaturated/α-hetero) is 3. The molecule has 46 heavy (non-hydrogen) atoms. The molecular weight excluding hydrogens is 580 g/mol. The fraction of sp³-hybridized carbons (Fsp3) is 0.667. The van der Waals surface area contributed by atoms with Crippen LogP contribution in [0.2, 0.25) is 0 Å². The predicted octanol–water partition coefficient (Wildman–Crippen LogP) is 7.93. The van der Waals surface area contributed by atoms with E-state index in [1.807, 2.05) is 20.8 Å². The zero-order chi connectivity index (χ0) is 34.9. The summed E-state index contributed by atoms with van der Waals surface area (Å²) in [6.07, 6.45) is 5.41. The van der Waals surface area contributed by atoms with E-state index in [2.05, 4.69) is 47.6 Å². The van der Waals surface area contributed by atoms with Crippen LogP contribution in [0.3, 0.4) is 0 Å². The summed E-state index contributed by atoms with van der Waals surface area (Å²) in [5, 5.41) is 47.6. The molecule has 0 amide bonds. The molecule has 1 fully saturated rings. The molecule has 0 saturated heterocycles. The summed E-state index contributed by atoms with van der Waals surface area (Å²) in [6, 6.07) is 2.07. The van der Waals surface area contributed by atoms with Crippen LogP contribution in [-0.2, 0) is 33.6 Å². The zero-order valence-electron chi connectivity index (χ0n) is 29.9. The maximum atomic E-state index is 14.7. The lowest BCUT2D eigenvalue weighted by molar-refractivity contribution is -0.178. The Labute approximate surface area is 275 Å². The molecule has 0 heterocycles. The van der Waals surface area contributed by atoms with Gasteiger partial charge in [-0.2, -0.15) is 0 Å². The highest BCUT2D eigenvalue weighted by atomic mass is 16.3. The zero-order valence-corrected chi connectivity index (χ0v) is 29.9. The minimum Gasteiger partial charge on any atom is -0.508 e. The van der Waals surface area contributed by atoms with Crippen LogP contribution in [0.5, 0.6) is 5.75 Å². The second-order valence-electron chi connectivity index (χ2n) is 17.7. The first-order valence-electron chi connectivity index (χ1n) is 17.0. The molecule has 0 spiro atoms. The van der Waals surface area contributed by atoms with Gasteiger partial charge in [-0.25, -0.2) is 0 Å². The highest BCUT2D eigenvalue weighted by Crippen LogP contribution is 2.65. The van der Waals surface area contributed by atoms with Crippen LogP contribution < -0.4 is 0 Å². The first-order chi connectivity index (χ1) is 20.9. The lowest BCUT2D eigenvalue weighted by Gasteiger charge is -2.59. The number of aryl methyl sites for hydroxylation is 2. The van der Waals surface area contributed by atoms with Crippen molar-refractivity contribution in [3.8, 4) is 5.75 Å². The number of phenolic OH excluding ortho intramolecular Hbond substituents is 1. The molecule has 254 valence electrons. The third kappa shape index (κ3) is 5.75. The van der Waals surface area contributed by atoms with E-state index in [1.165, 1.54) is 0 Å². The van der Waals surface area contributed by atoms with E-state index >= 15 is 0 Å². The molecule has 0 aliphatic heterocycles. The number of benzene rings is 1. The van der Waals surface area contributed by atoms with Gasteiger partial charge in [0.25, 0.3) is 0 Å². The number of carbonyl (C=O) groups excluding carboxylic acids is 3. The molecule has 7 nitrogen and oxygen atoms in total. The minimum absolute atomic E-state index is 0.0632. The quantitative estimate of drug-likeness (QED) is 0.213. The molecule has 0 bridgehead atoms. The Bertz CT molecular complexity index is 1530. The molecule has 3 aliphatic rings. The topological polar surface area (TPSA) is 132 Å². The van der Waals surface area contributed by atoms with Crippen molar-refractivity contribution in [1.82, 2.24) is 0 Å². The van der Waals surface area contributed by atoms with Crippen LogP contribution in [0, 0.1) is 33.5 Å². The van der Waals surface area contributed by atoms with E-state index in [4.69, 9.17) is 0 Å². The van der Waals surface area contributed by atoms with Gasteiger partial charge in [-0.15, -0.1) is 0 Å². The third-order valence-corrected chi connectivity index (χ3v) is 10.9. The number of aliphatic hydroxyl groups is 3. The van der Waals surface area contributed by atoms with Crippen molar-refractivity contribution in [2.45, 2.75) is 133 Å². The summed E-state index contributed by atoms with van der Waals surface area (Å²) in [7, 11) is 0. The molecule has 3 aliphatic carbocycles. The van der Waals surface area contributed by atoms with Gasteiger partial charge in [-0.1, -0.05) is 75.3 Å². The van der Waals surface area contributed by atoms with E-state index in [0.717, 1.165) is 50.2 Å². The molecule has 1 unspecified atom stereocenters. The van der Waals surface area contributed by atoms with E-state index in [-0.39, 0.29) is 40.1 Å². The van der Waals surface area contributed by atoms with Crippen molar-refractivity contribution >= 4 is 23.1 Å². The average Bonchev–Trinajstić information content (AvgIpc) is 2.86. The van der Waals surface area contributed by atoms with E-state index in [0.29, 0.717) is 18.4 Å². The largest absolute Gasteiger partial charge is 0.508 e. The van der Waals surface area contributed by atoms with Crippen LogP contribution in [0.25, 0.3) is 5.76 Å². The van der Waals surface area contributed by atoms with Gasteiger partial charge in [0.15, 0.2) is 17.2 Å². The molecule has 4 rings (SSSR count). The van der Waals surface area contributed by atoms with Gasteiger partial charge in [0.05, 0.1) is 5.56 Å². The number of aliphatic hydroxyl groups excluding tert-OH is 2. The first kappa shape index (κ1) is 35.9. The predicted molar refractivity (Wildman–Crippen MR) is 181 cm³/mol. The normalized spacial score (nSPS) is 28.4. The summed E-state index contributed by atoms with van der Waals surface area (Å²) in [5.41, 5.74) is -2.74. The molecule has 4 N–H and O–H groups in total. The smallest absolute Gasteiger partial charge is 0.203 e. The Morgan fingerprint density at radius 2 is 1.46 bits per heavy atom. The molecule has 0 radical (unpaired) electrons. The Balaban J connectivity index is 1.97. The number of ketones is 3. The van der Waals surface area contributed by atoms with Gasteiger partial charge in [-0.05, 0) is 91.7 Å². The Morgan fingerprint density at radius 1 is 0.935 bits per heavy atom. The van der Waals surface area contributed by atoms with E-state index < -0.39 is 56.8 Å². The van der Waals surface area contributed by atoms with Crippen molar-refractivity contribution in [2.75, 3.05) is 0 Å². The number of rotatable bonds is 8. The highest BCUT2D eigenvalue weighted by molar-refractivity contribution is 6.24. The molecule has 7 heteroatoms. The number of hydrogen-bond acceptors (Lipinski definition) is 7. The molecular formula is C39H56O7. The van der Waals surface area contributed by atoms with Crippen molar-refractivity contribution in [3.63, 3.8) is 0 Å². The number of allylic oxidation sites excluding steroid dienone is 1. The Morgan fingerprint density at radius 3 is 1.93 bits per heavy atom. The summed E-state index contributed by atoms with van der Waals surface area (Å²) in [6.45, 7) is 21.4. The molecule has 1 aromatic rings. The standard InChI is InChI=1S/C39H56O7/c1-21(2)28-31(42)26(22(3)40)33(44)39(46)34(45)29-32(43)27-25(19-37(29,10)20-38(28,39)11)23(14-12-16-35(4,5)6)18-24(30(27)41)15-13-17-36(7,8)9/h18,21,28,41,43-44,46H,12-17,19-20H2,1-11H3/t28?,37-,38-,39+/m1/s1. The Hall–Kier alpha value is -2.93.